The summed E-state index contributed by atoms with van der Waals surface area (Å²) in [6.45, 7) is 9.70. The van der Waals surface area contributed by atoms with E-state index in [4.69, 9.17) is 5.11 Å². The number of aliphatic carboxylic acids is 1. The summed E-state index contributed by atoms with van der Waals surface area (Å²) in [4.78, 5) is 25.1. The third-order valence-electron chi connectivity index (χ3n) is 3.46. The Bertz CT molecular complexity index is 323. The lowest BCUT2D eigenvalue weighted by Gasteiger charge is -2.35. The number of hydrogen-bond donors (Lipinski definition) is 1. The molecule has 0 aromatic rings. The summed E-state index contributed by atoms with van der Waals surface area (Å²) < 4.78 is 0. The van der Waals surface area contributed by atoms with Gasteiger partial charge in [0.25, 0.3) is 0 Å². The molecule has 1 N–H and O–H groups in total. The molecule has 0 saturated carbocycles. The first kappa shape index (κ1) is 16.3. The fraction of sp³-hybridized carbons (Fsp3) is 0.857. The van der Waals surface area contributed by atoms with Crippen LogP contribution in [-0.4, -0.2) is 46.0 Å². The maximum atomic E-state index is 12.2. The second kappa shape index (κ2) is 7.17. The van der Waals surface area contributed by atoms with Crippen LogP contribution in [-0.2, 0) is 9.59 Å². The number of carboxylic acids is 1. The number of amides is 1. The molecule has 5 heteroatoms. The minimum absolute atomic E-state index is 0.0366. The standard InChI is InChI=1S/C14H25NO3S/c1-9(2)13(14(17)18)19-8-12(16)15-6-10(3)5-11(4)7-15/h9-11,13H,5-8H2,1-4H3,(H,17,18). The van der Waals surface area contributed by atoms with Crippen molar-refractivity contribution < 1.29 is 14.7 Å². The number of piperidine rings is 1. The Balaban J connectivity index is 2.48. The molecule has 0 bridgehead atoms. The highest BCUT2D eigenvalue weighted by Gasteiger charge is 2.28. The molecule has 1 fully saturated rings. The Kier molecular flexibility index (Phi) is 6.17. The van der Waals surface area contributed by atoms with Gasteiger partial charge in [0.2, 0.25) is 5.91 Å². The summed E-state index contributed by atoms with van der Waals surface area (Å²) in [6, 6.07) is 0. The van der Waals surface area contributed by atoms with Crippen LogP contribution in [0.5, 0.6) is 0 Å². The summed E-state index contributed by atoms with van der Waals surface area (Å²) in [5.74, 6) is 0.642. The summed E-state index contributed by atoms with van der Waals surface area (Å²) in [5, 5.41) is 8.61. The smallest absolute Gasteiger partial charge is 0.316 e. The van der Waals surface area contributed by atoms with Gasteiger partial charge in [-0.1, -0.05) is 27.7 Å². The third-order valence-corrected chi connectivity index (χ3v) is 4.98. The molecule has 1 heterocycles. The number of carboxylic acid groups (broad SMARTS) is 1. The van der Waals surface area contributed by atoms with E-state index in [1.54, 1.807) is 0 Å². The van der Waals surface area contributed by atoms with Crippen molar-refractivity contribution in [1.82, 2.24) is 4.90 Å². The van der Waals surface area contributed by atoms with Crippen molar-refractivity contribution in [3.05, 3.63) is 0 Å². The average Bonchev–Trinajstić information content (AvgIpc) is 2.26. The van der Waals surface area contributed by atoms with E-state index in [0.29, 0.717) is 11.8 Å². The molecule has 4 nitrogen and oxygen atoms in total. The molecular weight excluding hydrogens is 262 g/mol. The lowest BCUT2D eigenvalue weighted by Crippen LogP contribution is -2.43. The Morgan fingerprint density at radius 1 is 1.26 bits per heavy atom. The largest absolute Gasteiger partial charge is 0.480 e. The van der Waals surface area contributed by atoms with Gasteiger partial charge in [0.1, 0.15) is 5.25 Å². The summed E-state index contributed by atoms with van der Waals surface area (Å²) in [7, 11) is 0. The number of rotatable bonds is 5. The van der Waals surface area contributed by atoms with E-state index < -0.39 is 11.2 Å². The van der Waals surface area contributed by atoms with Gasteiger partial charge in [-0.25, -0.2) is 0 Å². The van der Waals surface area contributed by atoms with E-state index in [0.717, 1.165) is 13.1 Å². The predicted molar refractivity (Wildman–Crippen MR) is 78.2 cm³/mol. The van der Waals surface area contributed by atoms with Crippen molar-refractivity contribution in [2.24, 2.45) is 17.8 Å². The van der Waals surface area contributed by atoms with Gasteiger partial charge in [-0.05, 0) is 24.2 Å². The Labute approximate surface area is 119 Å². The third kappa shape index (κ3) is 5.05. The molecule has 110 valence electrons. The molecule has 1 aliphatic heterocycles. The highest BCUT2D eigenvalue weighted by atomic mass is 32.2. The number of carbonyl (C=O) groups excluding carboxylic acids is 1. The van der Waals surface area contributed by atoms with Crippen molar-refractivity contribution in [2.75, 3.05) is 18.8 Å². The average molecular weight is 287 g/mol. The Morgan fingerprint density at radius 2 is 1.79 bits per heavy atom. The lowest BCUT2D eigenvalue weighted by atomic mass is 9.92. The van der Waals surface area contributed by atoms with Crippen molar-refractivity contribution >= 4 is 23.6 Å². The highest BCUT2D eigenvalue weighted by Crippen LogP contribution is 2.24. The second-order valence-corrected chi connectivity index (χ2v) is 7.19. The van der Waals surface area contributed by atoms with Crippen molar-refractivity contribution in [3.63, 3.8) is 0 Å². The van der Waals surface area contributed by atoms with Gasteiger partial charge in [-0.2, -0.15) is 0 Å². The number of likely N-dealkylation sites (tertiary alicyclic amines) is 1. The fourth-order valence-electron chi connectivity index (χ4n) is 2.67. The molecule has 0 radical (unpaired) electrons. The maximum absolute atomic E-state index is 12.2. The van der Waals surface area contributed by atoms with Crippen LogP contribution in [0, 0.1) is 17.8 Å². The Hall–Kier alpha value is -0.710. The van der Waals surface area contributed by atoms with Crippen LogP contribution in [0.2, 0.25) is 0 Å². The summed E-state index contributed by atoms with van der Waals surface area (Å²) >= 11 is 1.25. The number of hydrogen-bond acceptors (Lipinski definition) is 3. The summed E-state index contributed by atoms with van der Waals surface area (Å²) in [6.07, 6.45) is 1.17. The zero-order chi connectivity index (χ0) is 14.6. The number of nitrogens with zero attached hydrogens (tertiary/aromatic N) is 1. The van der Waals surface area contributed by atoms with Crippen LogP contribution < -0.4 is 0 Å². The topological polar surface area (TPSA) is 57.6 Å². The minimum Gasteiger partial charge on any atom is -0.480 e. The fourth-order valence-corrected chi connectivity index (χ4v) is 3.70. The quantitative estimate of drug-likeness (QED) is 0.843. The molecule has 1 rings (SSSR count). The molecule has 0 aliphatic carbocycles. The van der Waals surface area contributed by atoms with Crippen molar-refractivity contribution in [2.45, 2.75) is 39.4 Å². The second-order valence-electron chi connectivity index (χ2n) is 6.06. The summed E-state index contributed by atoms with van der Waals surface area (Å²) in [5.41, 5.74) is 0. The molecule has 1 saturated heterocycles. The first-order valence-electron chi connectivity index (χ1n) is 6.93. The van der Waals surface area contributed by atoms with E-state index in [1.165, 1.54) is 18.2 Å². The van der Waals surface area contributed by atoms with E-state index in [1.807, 2.05) is 18.7 Å². The normalized spacial score (nSPS) is 25.4. The molecule has 19 heavy (non-hydrogen) atoms. The van der Waals surface area contributed by atoms with E-state index >= 15 is 0 Å². The SMILES string of the molecule is CC1CC(C)CN(C(=O)CSC(C(=O)O)C(C)C)C1. The van der Waals surface area contributed by atoms with Crippen LogP contribution in [0.1, 0.15) is 34.1 Å². The van der Waals surface area contributed by atoms with Crippen LogP contribution in [0.25, 0.3) is 0 Å². The van der Waals surface area contributed by atoms with Crippen LogP contribution in [0.3, 0.4) is 0 Å². The van der Waals surface area contributed by atoms with Gasteiger partial charge in [-0.15, -0.1) is 11.8 Å². The van der Waals surface area contributed by atoms with E-state index in [2.05, 4.69) is 13.8 Å². The van der Waals surface area contributed by atoms with Crippen LogP contribution in [0.4, 0.5) is 0 Å². The molecular formula is C14H25NO3S. The first-order chi connectivity index (χ1) is 8.81. The van der Waals surface area contributed by atoms with Crippen LogP contribution in [0.15, 0.2) is 0 Å². The maximum Gasteiger partial charge on any atom is 0.316 e. The molecule has 1 aliphatic rings. The van der Waals surface area contributed by atoms with E-state index in [9.17, 15) is 9.59 Å². The first-order valence-corrected chi connectivity index (χ1v) is 7.98. The van der Waals surface area contributed by atoms with Gasteiger partial charge < -0.3 is 10.0 Å². The molecule has 3 unspecified atom stereocenters. The van der Waals surface area contributed by atoms with Crippen molar-refractivity contribution in [1.29, 1.82) is 0 Å². The monoisotopic (exact) mass is 287 g/mol. The zero-order valence-electron chi connectivity index (χ0n) is 12.3. The molecule has 0 spiro atoms. The predicted octanol–water partition coefficient (Wildman–Crippen LogP) is 2.33. The van der Waals surface area contributed by atoms with Gasteiger partial charge in [0.05, 0.1) is 5.75 Å². The van der Waals surface area contributed by atoms with Crippen LogP contribution >= 0.6 is 11.8 Å². The Morgan fingerprint density at radius 3 is 2.21 bits per heavy atom. The minimum atomic E-state index is -0.826. The number of thioether (sulfide) groups is 1. The van der Waals surface area contributed by atoms with Gasteiger partial charge in [0, 0.05) is 13.1 Å². The molecule has 1 amide bonds. The van der Waals surface area contributed by atoms with Gasteiger partial charge in [0.15, 0.2) is 0 Å². The molecule has 0 aromatic heterocycles. The van der Waals surface area contributed by atoms with Gasteiger partial charge >= 0.3 is 5.97 Å². The van der Waals surface area contributed by atoms with Crippen molar-refractivity contribution in [3.8, 4) is 0 Å². The molecule has 0 aromatic carbocycles. The lowest BCUT2D eigenvalue weighted by molar-refractivity contribution is -0.137. The van der Waals surface area contributed by atoms with E-state index in [-0.39, 0.29) is 17.6 Å². The molecule has 3 atom stereocenters. The highest BCUT2D eigenvalue weighted by molar-refractivity contribution is 8.01. The zero-order valence-corrected chi connectivity index (χ0v) is 13.1. The van der Waals surface area contributed by atoms with Gasteiger partial charge in [-0.3, -0.25) is 9.59 Å². The number of carbonyl (C=O) groups is 2.